The van der Waals surface area contributed by atoms with Gasteiger partial charge in [0.05, 0.1) is 0 Å². The van der Waals surface area contributed by atoms with Gasteiger partial charge in [-0.05, 0) is 6.42 Å². The van der Waals surface area contributed by atoms with Crippen LogP contribution in [0, 0.1) is 0 Å². The van der Waals surface area contributed by atoms with Crippen molar-refractivity contribution in [1.82, 2.24) is 0 Å². The lowest BCUT2D eigenvalue weighted by Gasteiger charge is -2.25. The summed E-state index contributed by atoms with van der Waals surface area (Å²) in [5.74, 6) is -1.08. The molecule has 0 aliphatic rings. The molecule has 0 fully saturated rings. The Bertz CT molecular complexity index is 404. The van der Waals surface area contributed by atoms with Crippen molar-refractivity contribution >= 4 is 5.97 Å². The third-order valence-electron chi connectivity index (χ3n) is 3.30. The number of esters is 1. The molecule has 0 spiro atoms. The van der Waals surface area contributed by atoms with Crippen LogP contribution in [0.4, 0.5) is 39.5 Å². The molecule has 8 atom stereocenters. The van der Waals surface area contributed by atoms with Crippen LogP contribution in [-0.2, 0) is 9.53 Å². The van der Waals surface area contributed by atoms with Crippen LogP contribution < -0.4 is 0 Å². The zero-order chi connectivity index (χ0) is 20.4. The molecule has 0 aromatic rings. The van der Waals surface area contributed by atoms with Gasteiger partial charge in [0.15, 0.2) is 49.4 Å². The maximum absolute atomic E-state index is 13.5. The summed E-state index contributed by atoms with van der Waals surface area (Å²) in [4.78, 5) is 11.0. The average molecular weight is 406 g/mol. The van der Waals surface area contributed by atoms with Crippen molar-refractivity contribution in [3.8, 4) is 0 Å². The van der Waals surface area contributed by atoms with E-state index in [2.05, 4.69) is 4.74 Å². The highest BCUT2D eigenvalue weighted by Crippen LogP contribution is 2.27. The topological polar surface area (TPSA) is 46.5 Å². The van der Waals surface area contributed by atoms with E-state index in [1.165, 1.54) is 0 Å². The van der Waals surface area contributed by atoms with Gasteiger partial charge in [0.25, 0.3) is 0 Å². The maximum Gasteiger partial charge on any atom is 0.305 e. The van der Waals surface area contributed by atoms with Gasteiger partial charge in [-0.2, -0.15) is 0 Å². The average Bonchev–Trinajstić information content (AvgIpc) is 2.65. The van der Waals surface area contributed by atoms with Crippen LogP contribution in [0.3, 0.4) is 0 Å². The second kappa shape index (κ2) is 12.2. The SMILES string of the molecule is O=C(CCCO)OCC(F)C(F)C(F)C(F)C(F)C(F)C(F)C(F)CF. The summed E-state index contributed by atoms with van der Waals surface area (Å²) >= 11 is 0. The van der Waals surface area contributed by atoms with Crippen LogP contribution >= 0.6 is 0 Å². The summed E-state index contributed by atoms with van der Waals surface area (Å²) in [6.45, 7) is -3.81. The van der Waals surface area contributed by atoms with Gasteiger partial charge in [-0.3, -0.25) is 4.79 Å². The third kappa shape index (κ3) is 7.58. The molecule has 0 saturated carbocycles. The molecule has 0 aromatic carbocycles. The molecule has 0 aromatic heterocycles. The van der Waals surface area contributed by atoms with E-state index in [-0.39, 0.29) is 12.8 Å². The Kier molecular flexibility index (Phi) is 11.7. The largest absolute Gasteiger partial charge is 0.462 e. The summed E-state index contributed by atoms with van der Waals surface area (Å²) in [6.07, 6.45) is -28.1. The lowest BCUT2D eigenvalue weighted by Crippen LogP contribution is -2.47. The van der Waals surface area contributed by atoms with Gasteiger partial charge in [-0.1, -0.05) is 0 Å². The number of aliphatic hydroxyl groups is 1. The monoisotopic (exact) mass is 406 g/mol. The van der Waals surface area contributed by atoms with Crippen LogP contribution in [0.5, 0.6) is 0 Å². The lowest BCUT2D eigenvalue weighted by molar-refractivity contribution is -0.147. The number of alkyl halides is 9. The van der Waals surface area contributed by atoms with E-state index in [0.29, 0.717) is 0 Å². The van der Waals surface area contributed by atoms with Crippen LogP contribution in [0.2, 0.25) is 0 Å². The first-order chi connectivity index (χ1) is 12.1. The Hall–Kier alpha value is -1.20. The number of aliphatic hydroxyl groups excluding tert-OH is 1. The van der Waals surface area contributed by atoms with E-state index in [4.69, 9.17) is 5.11 Å². The van der Waals surface area contributed by atoms with Gasteiger partial charge in [0.1, 0.15) is 13.3 Å². The fraction of sp³-hybridized carbons (Fsp3) is 0.929. The van der Waals surface area contributed by atoms with E-state index in [1.807, 2.05) is 0 Å². The van der Waals surface area contributed by atoms with E-state index >= 15 is 0 Å². The van der Waals surface area contributed by atoms with Gasteiger partial charge >= 0.3 is 5.97 Å². The molecule has 8 unspecified atom stereocenters. The zero-order valence-electron chi connectivity index (χ0n) is 13.3. The predicted octanol–water partition coefficient (Wildman–Crippen LogP) is 2.98. The molecule has 26 heavy (non-hydrogen) atoms. The quantitative estimate of drug-likeness (QED) is 0.378. The molecule has 12 heteroatoms. The van der Waals surface area contributed by atoms with Crippen molar-refractivity contribution in [1.29, 1.82) is 0 Å². The van der Waals surface area contributed by atoms with Crippen LogP contribution in [0.15, 0.2) is 0 Å². The number of hydrogen-bond acceptors (Lipinski definition) is 3. The molecular formula is C14H19F9O3. The number of carbonyl (C=O) groups is 1. The molecule has 0 radical (unpaired) electrons. The standard InChI is InChI=1S/C14H19F9O3/c15-4-6(16)9(18)11(20)13(22)14(23)12(21)10(19)7(17)5-26-8(25)2-1-3-24/h6-7,9-14,24H,1-5H2. The van der Waals surface area contributed by atoms with Crippen LogP contribution in [0.1, 0.15) is 12.8 Å². The van der Waals surface area contributed by atoms with E-state index in [0.717, 1.165) is 0 Å². The van der Waals surface area contributed by atoms with Crippen molar-refractivity contribution in [2.45, 2.75) is 62.2 Å². The second-order valence-electron chi connectivity index (χ2n) is 5.36. The fourth-order valence-electron chi connectivity index (χ4n) is 1.75. The molecule has 0 saturated heterocycles. The van der Waals surface area contributed by atoms with Crippen molar-refractivity contribution < 1.29 is 54.2 Å². The highest BCUT2D eigenvalue weighted by atomic mass is 19.2. The molecule has 0 amide bonds. The summed E-state index contributed by atoms with van der Waals surface area (Å²) in [7, 11) is 0. The Morgan fingerprint density at radius 1 is 0.769 bits per heavy atom. The summed E-state index contributed by atoms with van der Waals surface area (Å²) in [5.41, 5.74) is 0. The third-order valence-corrected chi connectivity index (χ3v) is 3.30. The minimum absolute atomic E-state index is 0.0482. The molecular weight excluding hydrogens is 387 g/mol. The number of carbonyl (C=O) groups excluding carboxylic acids is 1. The molecule has 0 aliphatic carbocycles. The van der Waals surface area contributed by atoms with Crippen molar-refractivity contribution in [2.75, 3.05) is 19.9 Å². The molecule has 3 nitrogen and oxygen atoms in total. The highest BCUT2D eigenvalue weighted by molar-refractivity contribution is 5.69. The summed E-state index contributed by atoms with van der Waals surface area (Å²) in [6, 6.07) is 0. The smallest absolute Gasteiger partial charge is 0.305 e. The normalized spacial score (nSPS) is 21.2. The van der Waals surface area contributed by atoms with Gasteiger partial charge < -0.3 is 9.84 Å². The molecule has 0 aliphatic heterocycles. The van der Waals surface area contributed by atoms with Crippen molar-refractivity contribution in [3.05, 3.63) is 0 Å². The van der Waals surface area contributed by atoms with E-state index in [9.17, 15) is 44.3 Å². The molecule has 0 bridgehead atoms. The summed E-state index contributed by atoms with van der Waals surface area (Å²) < 4.78 is 122. The van der Waals surface area contributed by atoms with Gasteiger partial charge in [0.2, 0.25) is 0 Å². The number of hydrogen-bond donors (Lipinski definition) is 1. The Morgan fingerprint density at radius 3 is 1.62 bits per heavy atom. The Balaban J connectivity index is 4.63. The minimum atomic E-state index is -3.72. The fourth-order valence-corrected chi connectivity index (χ4v) is 1.75. The van der Waals surface area contributed by atoms with Gasteiger partial charge in [-0.25, -0.2) is 39.5 Å². The van der Waals surface area contributed by atoms with Crippen LogP contribution in [0.25, 0.3) is 0 Å². The second-order valence-corrected chi connectivity index (χ2v) is 5.36. The number of rotatable bonds is 13. The molecule has 1 N–H and O–H groups in total. The predicted molar refractivity (Wildman–Crippen MR) is 72.4 cm³/mol. The van der Waals surface area contributed by atoms with Gasteiger partial charge in [-0.15, -0.1) is 0 Å². The number of halogens is 9. The molecule has 156 valence electrons. The maximum atomic E-state index is 13.5. The minimum Gasteiger partial charge on any atom is -0.462 e. The van der Waals surface area contributed by atoms with Crippen LogP contribution in [-0.4, -0.2) is 80.3 Å². The van der Waals surface area contributed by atoms with Gasteiger partial charge in [0, 0.05) is 13.0 Å². The van der Waals surface area contributed by atoms with Crippen molar-refractivity contribution in [3.63, 3.8) is 0 Å². The van der Waals surface area contributed by atoms with E-state index < -0.39 is 75.2 Å². The first-order valence-corrected chi connectivity index (χ1v) is 7.53. The first kappa shape index (κ1) is 24.8. The highest BCUT2D eigenvalue weighted by Gasteiger charge is 2.47. The first-order valence-electron chi connectivity index (χ1n) is 7.53. The van der Waals surface area contributed by atoms with E-state index in [1.54, 1.807) is 0 Å². The Labute approximate surface area is 143 Å². The molecule has 0 heterocycles. The lowest BCUT2D eigenvalue weighted by atomic mass is 9.98. The number of ether oxygens (including phenoxy) is 1. The Morgan fingerprint density at radius 2 is 1.19 bits per heavy atom. The summed E-state index contributed by atoms with van der Waals surface area (Å²) in [5, 5.41) is 8.43. The van der Waals surface area contributed by atoms with Crippen molar-refractivity contribution in [2.24, 2.45) is 0 Å². The zero-order valence-corrected chi connectivity index (χ0v) is 13.3. The molecule has 0 rings (SSSR count).